The minimum atomic E-state index is -3.45. The van der Waals surface area contributed by atoms with Gasteiger partial charge in [0.05, 0.1) is 4.90 Å². The van der Waals surface area contributed by atoms with Gasteiger partial charge in [-0.3, -0.25) is 0 Å². The van der Waals surface area contributed by atoms with Crippen molar-refractivity contribution in [2.24, 2.45) is 17.3 Å². The molecule has 2 bridgehead atoms. The molecule has 0 radical (unpaired) electrons. The Morgan fingerprint density at radius 1 is 1.19 bits per heavy atom. The fourth-order valence-electron chi connectivity index (χ4n) is 4.04. The van der Waals surface area contributed by atoms with E-state index in [1.807, 2.05) is 19.1 Å². The number of fused-ring (bicyclic) bond motifs is 2. The van der Waals surface area contributed by atoms with E-state index < -0.39 is 10.0 Å². The molecule has 0 amide bonds. The first kappa shape index (κ1) is 14.8. The molecular formula is C17H23NO2S. The third kappa shape index (κ3) is 2.25. The third-order valence-electron chi connectivity index (χ3n) is 5.48. The van der Waals surface area contributed by atoms with Crippen LogP contribution in [0, 0.1) is 24.2 Å². The van der Waals surface area contributed by atoms with Crippen molar-refractivity contribution in [2.75, 3.05) is 0 Å². The standard InChI is InChI=1S/C17H23NO2S/c1-11-5-7-13(8-6-11)21(19,20)18-16-14-9-10-15(16)17(3,4)12(14)2/h5-8,14-16,18H,2,9-10H2,1,3-4H3. The molecule has 2 aliphatic carbocycles. The number of hydrogen-bond acceptors (Lipinski definition) is 2. The van der Waals surface area contributed by atoms with Crippen LogP contribution >= 0.6 is 0 Å². The van der Waals surface area contributed by atoms with E-state index >= 15 is 0 Å². The maximum Gasteiger partial charge on any atom is 0.240 e. The van der Waals surface area contributed by atoms with Gasteiger partial charge < -0.3 is 0 Å². The molecular weight excluding hydrogens is 282 g/mol. The molecule has 1 aromatic rings. The monoisotopic (exact) mass is 305 g/mol. The average Bonchev–Trinajstić information content (AvgIpc) is 2.87. The van der Waals surface area contributed by atoms with Crippen molar-refractivity contribution in [1.29, 1.82) is 0 Å². The zero-order valence-corrected chi connectivity index (χ0v) is 13.7. The predicted molar refractivity (Wildman–Crippen MR) is 84.4 cm³/mol. The lowest BCUT2D eigenvalue weighted by Gasteiger charge is -2.31. The Morgan fingerprint density at radius 3 is 2.33 bits per heavy atom. The molecule has 0 saturated heterocycles. The second-order valence-corrected chi connectivity index (χ2v) is 8.71. The molecule has 3 atom stereocenters. The van der Waals surface area contributed by atoms with Crippen LogP contribution in [0.15, 0.2) is 41.3 Å². The van der Waals surface area contributed by atoms with Gasteiger partial charge in [-0.25, -0.2) is 13.1 Å². The molecule has 3 nitrogen and oxygen atoms in total. The third-order valence-corrected chi connectivity index (χ3v) is 6.96. The van der Waals surface area contributed by atoms with Gasteiger partial charge in [-0.15, -0.1) is 0 Å². The Bertz CT molecular complexity index is 673. The highest BCUT2D eigenvalue weighted by molar-refractivity contribution is 7.89. The summed E-state index contributed by atoms with van der Waals surface area (Å²) in [5.74, 6) is 0.639. The van der Waals surface area contributed by atoms with E-state index in [1.165, 1.54) is 5.57 Å². The maximum atomic E-state index is 12.6. The van der Waals surface area contributed by atoms with Crippen molar-refractivity contribution < 1.29 is 8.42 Å². The highest BCUT2D eigenvalue weighted by Crippen LogP contribution is 2.58. The zero-order valence-electron chi connectivity index (χ0n) is 12.9. The van der Waals surface area contributed by atoms with Crippen LogP contribution < -0.4 is 4.72 Å². The Balaban J connectivity index is 1.87. The van der Waals surface area contributed by atoms with Crippen molar-refractivity contribution in [3.63, 3.8) is 0 Å². The first-order valence-corrected chi connectivity index (χ1v) is 9.00. The van der Waals surface area contributed by atoms with Crippen molar-refractivity contribution in [3.05, 3.63) is 42.0 Å². The summed E-state index contributed by atoms with van der Waals surface area (Å²) < 4.78 is 28.1. The first-order chi connectivity index (χ1) is 9.73. The molecule has 0 spiro atoms. The molecule has 2 fully saturated rings. The molecule has 1 N–H and O–H groups in total. The van der Waals surface area contributed by atoms with E-state index in [0.717, 1.165) is 18.4 Å². The SMILES string of the molecule is C=C1C2CCC(C2NS(=O)(=O)c2ccc(C)cc2)C1(C)C. The summed E-state index contributed by atoms with van der Waals surface area (Å²) >= 11 is 0. The van der Waals surface area contributed by atoms with Crippen LogP contribution in [0.2, 0.25) is 0 Å². The van der Waals surface area contributed by atoms with Gasteiger partial charge in [-0.05, 0) is 49.1 Å². The van der Waals surface area contributed by atoms with Gasteiger partial charge in [0.15, 0.2) is 0 Å². The van der Waals surface area contributed by atoms with Crippen LogP contribution in [-0.4, -0.2) is 14.5 Å². The van der Waals surface area contributed by atoms with Crippen molar-refractivity contribution in [2.45, 2.75) is 44.6 Å². The summed E-state index contributed by atoms with van der Waals surface area (Å²) in [6, 6.07) is 7.02. The summed E-state index contributed by atoms with van der Waals surface area (Å²) in [5.41, 5.74) is 2.29. The molecule has 1 aromatic carbocycles. The van der Waals surface area contributed by atoms with Gasteiger partial charge in [0.1, 0.15) is 0 Å². The van der Waals surface area contributed by atoms with E-state index in [0.29, 0.717) is 10.8 Å². The van der Waals surface area contributed by atoms with Gasteiger partial charge in [-0.1, -0.05) is 43.7 Å². The highest BCUT2D eigenvalue weighted by atomic mass is 32.2. The van der Waals surface area contributed by atoms with E-state index in [-0.39, 0.29) is 17.4 Å². The minimum absolute atomic E-state index is 0.00111. The number of sulfonamides is 1. The number of hydrogen-bond donors (Lipinski definition) is 1. The smallest absolute Gasteiger partial charge is 0.207 e. The molecule has 114 valence electrons. The normalized spacial score (nSPS) is 30.8. The van der Waals surface area contributed by atoms with Crippen molar-refractivity contribution in [1.82, 2.24) is 4.72 Å². The Morgan fingerprint density at radius 2 is 1.81 bits per heavy atom. The summed E-state index contributed by atoms with van der Waals surface area (Å²) in [4.78, 5) is 0.350. The second kappa shape index (κ2) is 4.68. The van der Waals surface area contributed by atoms with Gasteiger partial charge >= 0.3 is 0 Å². The first-order valence-electron chi connectivity index (χ1n) is 7.52. The number of rotatable bonds is 3. The summed E-state index contributed by atoms with van der Waals surface area (Å²) in [7, 11) is -3.45. The van der Waals surface area contributed by atoms with Crippen LogP contribution in [0.4, 0.5) is 0 Å². The van der Waals surface area contributed by atoms with E-state index in [2.05, 4.69) is 25.1 Å². The van der Waals surface area contributed by atoms with Crippen LogP contribution in [0.3, 0.4) is 0 Å². The molecule has 3 unspecified atom stereocenters. The lowest BCUT2D eigenvalue weighted by molar-refractivity contribution is 0.272. The zero-order chi connectivity index (χ0) is 15.4. The Labute approximate surface area is 127 Å². The molecule has 0 heterocycles. The summed E-state index contributed by atoms with van der Waals surface area (Å²) in [5, 5.41) is 0. The lowest BCUT2D eigenvalue weighted by atomic mass is 9.73. The van der Waals surface area contributed by atoms with Crippen molar-refractivity contribution >= 4 is 10.0 Å². The summed E-state index contributed by atoms with van der Waals surface area (Å²) in [6.07, 6.45) is 2.13. The molecule has 2 aliphatic rings. The predicted octanol–water partition coefficient (Wildman–Crippen LogP) is 3.26. The van der Waals surface area contributed by atoms with Crippen LogP contribution in [0.5, 0.6) is 0 Å². The van der Waals surface area contributed by atoms with Crippen LogP contribution in [0.25, 0.3) is 0 Å². The van der Waals surface area contributed by atoms with E-state index in [4.69, 9.17) is 0 Å². The number of nitrogens with one attached hydrogen (secondary N) is 1. The quantitative estimate of drug-likeness (QED) is 0.871. The molecule has 3 rings (SSSR count). The van der Waals surface area contributed by atoms with Crippen LogP contribution in [0.1, 0.15) is 32.3 Å². The molecule has 0 aliphatic heterocycles. The van der Waals surface area contributed by atoms with Gasteiger partial charge in [0.2, 0.25) is 10.0 Å². The average molecular weight is 305 g/mol. The van der Waals surface area contributed by atoms with Crippen LogP contribution in [-0.2, 0) is 10.0 Å². The Kier molecular flexibility index (Phi) is 3.30. The minimum Gasteiger partial charge on any atom is -0.207 e. The fourth-order valence-corrected chi connectivity index (χ4v) is 5.36. The summed E-state index contributed by atoms with van der Waals surface area (Å²) in [6.45, 7) is 10.5. The van der Waals surface area contributed by atoms with E-state index in [1.54, 1.807) is 12.1 Å². The number of benzene rings is 1. The molecule has 21 heavy (non-hydrogen) atoms. The number of aryl methyl sites for hydroxylation is 1. The largest absolute Gasteiger partial charge is 0.240 e. The molecule has 2 saturated carbocycles. The lowest BCUT2D eigenvalue weighted by Crippen LogP contribution is -2.39. The maximum absolute atomic E-state index is 12.6. The molecule has 0 aromatic heterocycles. The van der Waals surface area contributed by atoms with Gasteiger partial charge in [0.25, 0.3) is 0 Å². The second-order valence-electron chi connectivity index (χ2n) is 7.00. The van der Waals surface area contributed by atoms with E-state index in [9.17, 15) is 8.42 Å². The van der Waals surface area contributed by atoms with Gasteiger partial charge in [0, 0.05) is 6.04 Å². The fraction of sp³-hybridized carbons (Fsp3) is 0.529. The Hall–Kier alpha value is -1.13. The topological polar surface area (TPSA) is 46.2 Å². The highest BCUT2D eigenvalue weighted by Gasteiger charge is 2.55. The van der Waals surface area contributed by atoms with Gasteiger partial charge in [-0.2, -0.15) is 0 Å². The van der Waals surface area contributed by atoms with Crippen molar-refractivity contribution in [3.8, 4) is 0 Å². The molecule has 4 heteroatoms.